The van der Waals surface area contributed by atoms with Gasteiger partial charge in [0, 0.05) is 63.9 Å². The molecule has 0 aromatic heterocycles. The number of rotatable bonds is 6. The van der Waals surface area contributed by atoms with Crippen LogP contribution < -0.4 is 5.32 Å². The van der Waals surface area contributed by atoms with E-state index in [-0.39, 0.29) is 6.04 Å². The zero-order chi connectivity index (χ0) is 21.1. The van der Waals surface area contributed by atoms with E-state index in [9.17, 15) is 4.79 Å². The molecule has 2 saturated heterocycles. The van der Waals surface area contributed by atoms with Crippen molar-refractivity contribution in [2.45, 2.75) is 77.5 Å². The lowest BCUT2D eigenvalue weighted by Crippen LogP contribution is -2.69. The highest BCUT2D eigenvalue weighted by atomic mass is 16.5. The number of hydrogen-bond acceptors (Lipinski definition) is 4. The lowest BCUT2D eigenvalue weighted by Gasteiger charge is -2.61. The van der Waals surface area contributed by atoms with Crippen LogP contribution in [-0.4, -0.2) is 97.2 Å². The van der Waals surface area contributed by atoms with Gasteiger partial charge in [0.05, 0.1) is 12.1 Å². The van der Waals surface area contributed by atoms with Crippen molar-refractivity contribution in [2.75, 3.05) is 52.4 Å². The summed E-state index contributed by atoms with van der Waals surface area (Å²) in [5, 5.41) is 3.82. The van der Waals surface area contributed by atoms with Crippen LogP contribution in [0.25, 0.3) is 0 Å². The highest BCUT2D eigenvalue weighted by Crippen LogP contribution is 2.57. The van der Waals surface area contributed by atoms with Gasteiger partial charge in [-0.05, 0) is 52.9 Å². The average Bonchev–Trinajstić information content (AvgIpc) is 3.25. The summed E-state index contributed by atoms with van der Waals surface area (Å²) in [5.74, 6) is 1.37. The summed E-state index contributed by atoms with van der Waals surface area (Å²) in [6.45, 7) is 13.5. The van der Waals surface area contributed by atoms with E-state index in [1.807, 2.05) is 4.90 Å². The van der Waals surface area contributed by atoms with E-state index < -0.39 is 0 Å². The quantitative estimate of drug-likeness (QED) is 0.527. The van der Waals surface area contributed by atoms with E-state index in [0.717, 1.165) is 77.6 Å². The van der Waals surface area contributed by atoms with Gasteiger partial charge in [-0.2, -0.15) is 0 Å². The van der Waals surface area contributed by atoms with Gasteiger partial charge in [0.2, 0.25) is 5.91 Å². The first-order valence-corrected chi connectivity index (χ1v) is 12.3. The molecule has 2 aliphatic carbocycles. The molecule has 3 unspecified atom stereocenters. The molecule has 4 fully saturated rings. The molecule has 2 heterocycles. The lowest BCUT2D eigenvalue weighted by atomic mass is 9.51. The molecule has 1 spiro atoms. The number of aliphatic imine (C=N–C) groups is 1. The first kappa shape index (κ1) is 21.9. The molecule has 3 atom stereocenters. The number of piperazine rings is 1. The minimum Gasteiger partial charge on any atom is -0.378 e. The first-order valence-electron chi connectivity index (χ1n) is 12.3. The number of nitrogens with zero attached hydrogens (tertiary/aromatic N) is 4. The van der Waals surface area contributed by atoms with Gasteiger partial charge < -0.3 is 19.9 Å². The average molecular weight is 420 g/mol. The summed E-state index contributed by atoms with van der Waals surface area (Å²) in [6, 6.07) is 0.475. The van der Waals surface area contributed by atoms with Crippen molar-refractivity contribution in [3.8, 4) is 0 Å². The molecule has 1 N–H and O–H groups in total. The molecule has 0 radical (unpaired) electrons. The third-order valence-electron chi connectivity index (χ3n) is 7.99. The molecule has 0 aromatic carbocycles. The number of carbonyl (C=O) groups excluding carboxylic acids is 1. The predicted molar refractivity (Wildman–Crippen MR) is 120 cm³/mol. The maximum absolute atomic E-state index is 12.8. The van der Waals surface area contributed by atoms with Gasteiger partial charge >= 0.3 is 0 Å². The van der Waals surface area contributed by atoms with Crippen LogP contribution in [0.1, 0.15) is 59.3 Å². The van der Waals surface area contributed by atoms with Crippen LogP contribution in [-0.2, 0) is 9.53 Å². The molecule has 2 saturated carbocycles. The molecule has 2 aliphatic heterocycles. The number of guanidine groups is 1. The second kappa shape index (κ2) is 9.43. The zero-order valence-electron chi connectivity index (χ0n) is 19.2. The standard InChI is InChI=1S/C23H41N5O2/c1-4-24-22(25-19-17-20(30-5-2)23(19)9-8-10-23)28-15-13-26(14-16-28)18(3)21(29)27-11-6-7-12-27/h18-20H,4-17H2,1-3H3,(H,24,25). The number of carbonyl (C=O) groups is 1. The first-order chi connectivity index (χ1) is 14.6. The van der Waals surface area contributed by atoms with Crippen molar-refractivity contribution in [2.24, 2.45) is 10.4 Å². The summed E-state index contributed by atoms with van der Waals surface area (Å²) < 4.78 is 6.02. The Kier molecular flexibility index (Phi) is 6.88. The SMILES string of the molecule is CCN=C(NC1CC(OCC)C12CCC2)N1CCN(C(C)C(=O)N2CCCC2)CC1. The minimum atomic E-state index is -0.0124. The van der Waals surface area contributed by atoms with E-state index in [1.54, 1.807) is 0 Å². The molecule has 4 aliphatic rings. The number of amides is 1. The number of likely N-dealkylation sites (tertiary alicyclic amines) is 1. The third-order valence-corrected chi connectivity index (χ3v) is 7.99. The Hall–Kier alpha value is -1.34. The topological polar surface area (TPSA) is 60.4 Å². The van der Waals surface area contributed by atoms with Crippen LogP contribution in [0.2, 0.25) is 0 Å². The second-order valence-corrected chi connectivity index (χ2v) is 9.49. The van der Waals surface area contributed by atoms with E-state index in [0.29, 0.717) is 23.5 Å². The molecular formula is C23H41N5O2. The molecule has 0 aromatic rings. The van der Waals surface area contributed by atoms with E-state index >= 15 is 0 Å². The fourth-order valence-corrected chi connectivity index (χ4v) is 5.86. The van der Waals surface area contributed by atoms with Crippen LogP contribution in [0.4, 0.5) is 0 Å². The fraction of sp³-hybridized carbons (Fsp3) is 0.913. The Morgan fingerprint density at radius 2 is 1.77 bits per heavy atom. The normalized spacial score (nSPS) is 30.2. The van der Waals surface area contributed by atoms with Crippen molar-refractivity contribution in [3.05, 3.63) is 0 Å². The van der Waals surface area contributed by atoms with Crippen LogP contribution >= 0.6 is 0 Å². The van der Waals surface area contributed by atoms with Crippen LogP contribution in [0.15, 0.2) is 4.99 Å². The van der Waals surface area contributed by atoms with Gasteiger partial charge in [-0.25, -0.2) is 0 Å². The lowest BCUT2D eigenvalue weighted by molar-refractivity contribution is -0.169. The number of nitrogens with one attached hydrogen (secondary N) is 1. The van der Waals surface area contributed by atoms with Gasteiger partial charge in [0.25, 0.3) is 0 Å². The summed E-state index contributed by atoms with van der Waals surface area (Å²) >= 11 is 0. The Bertz CT molecular complexity index is 621. The summed E-state index contributed by atoms with van der Waals surface area (Å²) in [5.41, 5.74) is 0.336. The van der Waals surface area contributed by atoms with Gasteiger partial charge in [-0.15, -0.1) is 0 Å². The molecule has 4 rings (SSSR count). The Labute approximate surface area is 182 Å². The van der Waals surface area contributed by atoms with Crippen molar-refractivity contribution in [1.29, 1.82) is 0 Å². The van der Waals surface area contributed by atoms with Crippen molar-refractivity contribution in [1.82, 2.24) is 20.0 Å². The second-order valence-electron chi connectivity index (χ2n) is 9.49. The summed E-state index contributed by atoms with van der Waals surface area (Å²) in [4.78, 5) is 24.4. The number of hydrogen-bond donors (Lipinski definition) is 1. The minimum absolute atomic E-state index is 0.0124. The summed E-state index contributed by atoms with van der Waals surface area (Å²) in [7, 11) is 0. The largest absolute Gasteiger partial charge is 0.378 e. The molecular weight excluding hydrogens is 378 g/mol. The van der Waals surface area contributed by atoms with Crippen molar-refractivity contribution < 1.29 is 9.53 Å². The Morgan fingerprint density at radius 1 is 1.07 bits per heavy atom. The number of ether oxygens (including phenoxy) is 1. The predicted octanol–water partition coefficient (Wildman–Crippen LogP) is 1.93. The highest BCUT2D eigenvalue weighted by Gasteiger charge is 2.59. The monoisotopic (exact) mass is 419 g/mol. The van der Waals surface area contributed by atoms with Crippen LogP contribution in [0.3, 0.4) is 0 Å². The van der Waals surface area contributed by atoms with Gasteiger partial charge in [-0.1, -0.05) is 6.42 Å². The summed E-state index contributed by atoms with van der Waals surface area (Å²) in [6.07, 6.45) is 7.70. The molecule has 1 amide bonds. The van der Waals surface area contributed by atoms with Gasteiger partial charge in [-0.3, -0.25) is 14.7 Å². The van der Waals surface area contributed by atoms with E-state index in [2.05, 4.69) is 35.9 Å². The van der Waals surface area contributed by atoms with Gasteiger partial charge in [0.15, 0.2) is 5.96 Å². The van der Waals surface area contributed by atoms with Crippen molar-refractivity contribution >= 4 is 11.9 Å². The maximum Gasteiger partial charge on any atom is 0.239 e. The molecule has 170 valence electrons. The molecule has 30 heavy (non-hydrogen) atoms. The van der Waals surface area contributed by atoms with Crippen molar-refractivity contribution in [3.63, 3.8) is 0 Å². The molecule has 7 nitrogen and oxygen atoms in total. The smallest absolute Gasteiger partial charge is 0.239 e. The Balaban J connectivity index is 1.31. The highest BCUT2D eigenvalue weighted by molar-refractivity contribution is 5.82. The fourth-order valence-electron chi connectivity index (χ4n) is 5.86. The third kappa shape index (κ3) is 4.07. The molecule has 7 heteroatoms. The zero-order valence-corrected chi connectivity index (χ0v) is 19.2. The van der Waals surface area contributed by atoms with E-state index in [4.69, 9.17) is 9.73 Å². The van der Waals surface area contributed by atoms with Crippen LogP contribution in [0, 0.1) is 5.41 Å². The van der Waals surface area contributed by atoms with Crippen LogP contribution in [0.5, 0.6) is 0 Å². The van der Waals surface area contributed by atoms with Gasteiger partial charge in [0.1, 0.15) is 0 Å². The van der Waals surface area contributed by atoms with E-state index in [1.165, 1.54) is 19.3 Å². The Morgan fingerprint density at radius 3 is 2.33 bits per heavy atom. The molecule has 0 bridgehead atoms. The maximum atomic E-state index is 12.8.